The van der Waals surface area contributed by atoms with Gasteiger partial charge in [-0.05, 0) is 23.5 Å². The Balaban J connectivity index is 3.22. The van der Waals surface area contributed by atoms with Crippen LogP contribution in [-0.2, 0) is 6.42 Å². The van der Waals surface area contributed by atoms with Crippen molar-refractivity contribution in [3.63, 3.8) is 0 Å². The van der Waals surface area contributed by atoms with Crippen molar-refractivity contribution in [3.8, 4) is 0 Å². The normalized spacial score (nSPS) is 14.7. The Hall–Kier alpha value is -0.613. The fourth-order valence-electron chi connectivity index (χ4n) is 3.63. The molecule has 1 rings (SSSR count). The summed E-state index contributed by atoms with van der Waals surface area (Å²) in [7, 11) is -1.79. The van der Waals surface area contributed by atoms with Gasteiger partial charge in [0.05, 0.1) is 12.3 Å². The zero-order valence-electron chi connectivity index (χ0n) is 13.4. The van der Waals surface area contributed by atoms with Crippen molar-refractivity contribution in [3.05, 3.63) is 12.0 Å². The van der Waals surface area contributed by atoms with Gasteiger partial charge >= 0.3 is 0 Å². The maximum atomic E-state index is 9.47. The lowest BCUT2D eigenvalue weighted by Crippen LogP contribution is -2.56. The van der Waals surface area contributed by atoms with Crippen LogP contribution in [0, 0.1) is 0 Å². The Morgan fingerprint density at radius 2 is 1.53 bits per heavy atom. The molecular weight excluding hydrogens is 254 g/mol. The Morgan fingerprint density at radius 1 is 1.05 bits per heavy atom. The highest BCUT2D eigenvalue weighted by atomic mass is 28.3. The molecule has 3 nitrogen and oxygen atoms in total. The number of oxazole rings is 1. The van der Waals surface area contributed by atoms with Crippen LogP contribution in [0.25, 0.3) is 0 Å². The van der Waals surface area contributed by atoms with Crippen LogP contribution in [0.15, 0.2) is 10.6 Å². The average Bonchev–Trinajstić information content (AvgIpc) is 2.64. The van der Waals surface area contributed by atoms with Gasteiger partial charge in [-0.1, -0.05) is 41.5 Å². The van der Waals surface area contributed by atoms with Crippen LogP contribution < -0.4 is 5.51 Å². The molecule has 0 aliphatic carbocycles. The van der Waals surface area contributed by atoms with E-state index in [1.165, 1.54) is 0 Å². The second-order valence-electron chi connectivity index (χ2n) is 6.58. The van der Waals surface area contributed by atoms with Gasteiger partial charge in [-0.3, -0.25) is 0 Å². The number of aliphatic hydroxyl groups is 1. The van der Waals surface area contributed by atoms with Crippen molar-refractivity contribution < 1.29 is 9.52 Å². The summed E-state index contributed by atoms with van der Waals surface area (Å²) in [5.41, 5.74) is 2.73. The van der Waals surface area contributed by atoms with E-state index in [1.54, 1.807) is 13.1 Å². The van der Waals surface area contributed by atoms with Crippen LogP contribution in [-0.4, -0.2) is 24.3 Å². The molecule has 1 heterocycles. The third kappa shape index (κ3) is 3.11. The highest BCUT2D eigenvalue weighted by Crippen LogP contribution is 2.40. The van der Waals surface area contributed by atoms with Crippen molar-refractivity contribution in [2.24, 2.45) is 0 Å². The molecule has 0 aromatic carbocycles. The Morgan fingerprint density at radius 3 is 1.89 bits per heavy atom. The lowest BCUT2D eigenvalue weighted by atomic mass is 10.2. The molecule has 4 heteroatoms. The molecule has 1 N–H and O–H groups in total. The number of hydrogen-bond acceptors (Lipinski definition) is 3. The minimum Gasteiger partial charge on any atom is -0.451 e. The molecule has 0 spiro atoms. The van der Waals surface area contributed by atoms with E-state index >= 15 is 0 Å². The molecule has 0 saturated heterocycles. The van der Waals surface area contributed by atoms with Gasteiger partial charge in [0.1, 0.15) is 5.76 Å². The van der Waals surface area contributed by atoms with Gasteiger partial charge in [-0.2, -0.15) is 0 Å². The highest BCUT2D eigenvalue weighted by Gasteiger charge is 2.48. The average molecular weight is 283 g/mol. The summed E-state index contributed by atoms with van der Waals surface area (Å²) in [5.74, 6) is 0.809. The molecular formula is C15H29NO2Si. The molecule has 0 aliphatic rings. The van der Waals surface area contributed by atoms with E-state index in [0.717, 1.165) is 11.3 Å². The van der Waals surface area contributed by atoms with Crippen molar-refractivity contribution in [2.45, 2.75) is 77.6 Å². The molecule has 0 radical (unpaired) electrons. The zero-order valence-corrected chi connectivity index (χ0v) is 14.4. The van der Waals surface area contributed by atoms with Crippen LogP contribution in [0.3, 0.4) is 0 Å². The first-order valence-electron chi connectivity index (χ1n) is 7.36. The quantitative estimate of drug-likeness (QED) is 0.813. The van der Waals surface area contributed by atoms with E-state index in [9.17, 15) is 5.11 Å². The zero-order chi connectivity index (χ0) is 14.8. The summed E-state index contributed by atoms with van der Waals surface area (Å²) in [6.45, 7) is 15.6. The predicted molar refractivity (Wildman–Crippen MR) is 82.6 cm³/mol. The molecule has 0 saturated carbocycles. The molecule has 1 atom stereocenters. The Kier molecular flexibility index (Phi) is 5.39. The van der Waals surface area contributed by atoms with Gasteiger partial charge in [0.25, 0.3) is 0 Å². The molecule has 0 aliphatic heterocycles. The number of hydrogen-bond donors (Lipinski definition) is 1. The molecule has 19 heavy (non-hydrogen) atoms. The monoisotopic (exact) mass is 283 g/mol. The van der Waals surface area contributed by atoms with Crippen molar-refractivity contribution >= 4 is 13.6 Å². The fourth-order valence-corrected chi connectivity index (χ4v) is 9.71. The fraction of sp³-hybridized carbons (Fsp3) is 0.800. The van der Waals surface area contributed by atoms with Gasteiger partial charge in [-0.15, -0.1) is 0 Å². The van der Waals surface area contributed by atoms with Gasteiger partial charge < -0.3 is 9.52 Å². The standard InChI is InChI=1S/C15H29NO2Si/c1-10(2)19(11(3)4,12(5)6)15-16-9-14(18-15)8-13(7)17/h9-13,17H,8H2,1-7H3. The molecule has 110 valence electrons. The third-order valence-corrected chi connectivity index (χ3v) is 11.0. The van der Waals surface area contributed by atoms with E-state index in [-0.39, 0.29) is 6.10 Å². The summed E-state index contributed by atoms with van der Waals surface area (Å²) in [5, 5.41) is 9.47. The number of aromatic nitrogens is 1. The summed E-state index contributed by atoms with van der Waals surface area (Å²) in [6, 6.07) is 0. The topological polar surface area (TPSA) is 46.3 Å². The van der Waals surface area contributed by atoms with E-state index in [1.807, 2.05) is 0 Å². The maximum absolute atomic E-state index is 9.47. The van der Waals surface area contributed by atoms with E-state index in [2.05, 4.69) is 46.5 Å². The number of rotatable bonds is 6. The molecule has 0 bridgehead atoms. The van der Waals surface area contributed by atoms with Crippen LogP contribution in [0.1, 0.15) is 54.2 Å². The van der Waals surface area contributed by atoms with Crippen LogP contribution >= 0.6 is 0 Å². The van der Waals surface area contributed by atoms with Gasteiger partial charge in [0, 0.05) is 6.42 Å². The lowest BCUT2D eigenvalue weighted by Gasteiger charge is -2.39. The smallest absolute Gasteiger partial charge is 0.167 e. The lowest BCUT2D eigenvalue weighted by molar-refractivity contribution is 0.188. The summed E-state index contributed by atoms with van der Waals surface area (Å²) in [4.78, 5) is 4.59. The third-order valence-electron chi connectivity index (χ3n) is 4.29. The first-order valence-corrected chi connectivity index (χ1v) is 9.59. The van der Waals surface area contributed by atoms with E-state index in [4.69, 9.17) is 4.42 Å². The minimum atomic E-state index is -1.79. The van der Waals surface area contributed by atoms with Crippen molar-refractivity contribution in [1.82, 2.24) is 4.98 Å². The second kappa shape index (κ2) is 6.22. The molecule has 0 fully saturated rings. The molecule has 1 aromatic heterocycles. The molecule has 0 amide bonds. The summed E-state index contributed by atoms with van der Waals surface area (Å²) >= 11 is 0. The Bertz CT molecular complexity index is 375. The summed E-state index contributed by atoms with van der Waals surface area (Å²) < 4.78 is 6.03. The van der Waals surface area contributed by atoms with Crippen LogP contribution in [0.4, 0.5) is 0 Å². The molecule has 1 unspecified atom stereocenters. The second-order valence-corrected chi connectivity index (χ2v) is 12.3. The largest absolute Gasteiger partial charge is 0.451 e. The highest BCUT2D eigenvalue weighted by molar-refractivity contribution is 6.93. The first-order chi connectivity index (χ1) is 8.72. The van der Waals surface area contributed by atoms with Crippen LogP contribution in [0.5, 0.6) is 0 Å². The molecule has 1 aromatic rings. The Labute approximate surface area is 118 Å². The van der Waals surface area contributed by atoms with Crippen LogP contribution in [0.2, 0.25) is 16.6 Å². The van der Waals surface area contributed by atoms with Gasteiger partial charge in [-0.25, -0.2) is 4.98 Å². The SMILES string of the molecule is CC(O)Cc1cnc([Si](C(C)C)(C(C)C)C(C)C)o1. The van der Waals surface area contributed by atoms with E-state index < -0.39 is 8.07 Å². The van der Waals surface area contributed by atoms with Crippen molar-refractivity contribution in [2.75, 3.05) is 0 Å². The predicted octanol–water partition coefficient (Wildman–Crippen LogP) is 3.48. The maximum Gasteiger partial charge on any atom is 0.167 e. The number of nitrogens with zero attached hydrogens (tertiary/aromatic N) is 1. The van der Waals surface area contributed by atoms with E-state index in [0.29, 0.717) is 23.0 Å². The van der Waals surface area contributed by atoms with Gasteiger partial charge in [0.2, 0.25) is 0 Å². The first kappa shape index (κ1) is 16.4. The minimum absolute atomic E-state index is 0.381. The van der Waals surface area contributed by atoms with Crippen molar-refractivity contribution in [1.29, 1.82) is 0 Å². The summed E-state index contributed by atoms with van der Waals surface area (Å²) in [6.07, 6.45) is 1.97. The number of aliphatic hydroxyl groups excluding tert-OH is 1. The van der Waals surface area contributed by atoms with Gasteiger partial charge in [0.15, 0.2) is 13.6 Å².